The predicted molar refractivity (Wildman–Crippen MR) is 82.9 cm³/mol. The third-order valence-corrected chi connectivity index (χ3v) is 3.28. The molecule has 0 aromatic heterocycles. The Hall–Kier alpha value is -2.37. The number of imide groups is 1. The molecule has 0 bridgehead atoms. The van der Waals surface area contributed by atoms with Crippen LogP contribution in [0, 0.1) is 0 Å². The second-order valence-electron chi connectivity index (χ2n) is 6.45. The molecule has 2 amide bonds. The molecule has 23 heavy (non-hydrogen) atoms. The van der Waals surface area contributed by atoms with Crippen molar-refractivity contribution in [2.45, 2.75) is 45.1 Å². The molecule has 6 nitrogen and oxygen atoms in total. The van der Waals surface area contributed by atoms with E-state index in [-0.39, 0.29) is 24.3 Å². The zero-order valence-electron chi connectivity index (χ0n) is 13.5. The molecule has 2 rings (SSSR count). The van der Waals surface area contributed by atoms with E-state index in [0.29, 0.717) is 18.6 Å². The minimum absolute atomic E-state index is 0.198. The first kappa shape index (κ1) is 17.0. The number of nitrogens with one attached hydrogen (secondary N) is 1. The van der Waals surface area contributed by atoms with Crippen LogP contribution in [0.1, 0.15) is 45.1 Å². The molecule has 6 heteroatoms. The van der Waals surface area contributed by atoms with E-state index in [9.17, 15) is 14.4 Å². The van der Waals surface area contributed by atoms with Gasteiger partial charge in [0.15, 0.2) is 6.61 Å². The Labute approximate surface area is 135 Å². The summed E-state index contributed by atoms with van der Waals surface area (Å²) in [5.41, 5.74) is 0.200. The highest BCUT2D eigenvalue weighted by Gasteiger charge is 2.28. The lowest BCUT2D eigenvalue weighted by Gasteiger charge is -2.22. The lowest BCUT2D eigenvalue weighted by Crippen LogP contribution is -2.39. The summed E-state index contributed by atoms with van der Waals surface area (Å²) in [6.07, 6.45) is 0.791. The minimum Gasteiger partial charge on any atom is -0.482 e. The molecule has 1 saturated heterocycles. The van der Waals surface area contributed by atoms with Crippen molar-refractivity contribution >= 4 is 17.8 Å². The normalized spacial score (nSPS) is 18.3. The molecule has 124 valence electrons. The topological polar surface area (TPSA) is 81.7 Å². The monoisotopic (exact) mass is 319 g/mol. The van der Waals surface area contributed by atoms with Crippen molar-refractivity contribution in [3.8, 4) is 5.75 Å². The molecule has 1 atom stereocenters. The van der Waals surface area contributed by atoms with Gasteiger partial charge in [0.2, 0.25) is 11.8 Å². The van der Waals surface area contributed by atoms with Crippen LogP contribution in [0.15, 0.2) is 24.3 Å². The van der Waals surface area contributed by atoms with E-state index in [2.05, 4.69) is 5.32 Å². The highest BCUT2D eigenvalue weighted by Crippen LogP contribution is 2.27. The van der Waals surface area contributed by atoms with E-state index < -0.39 is 11.6 Å². The number of esters is 1. The Morgan fingerprint density at radius 2 is 2.04 bits per heavy atom. The van der Waals surface area contributed by atoms with Gasteiger partial charge in [-0.15, -0.1) is 0 Å². The SMILES string of the molecule is CC(C)(C)OC(=O)COc1cccc(C2CCC(=O)NC2=O)c1. The smallest absolute Gasteiger partial charge is 0.344 e. The van der Waals surface area contributed by atoms with Gasteiger partial charge in [-0.2, -0.15) is 0 Å². The lowest BCUT2D eigenvalue weighted by atomic mass is 9.90. The Balaban J connectivity index is 1.99. The standard InChI is InChI=1S/C17H21NO5/c1-17(2,3)23-15(20)10-22-12-6-4-5-11(9-12)13-7-8-14(19)18-16(13)21/h4-6,9,13H,7-8,10H2,1-3H3,(H,18,19,21). The van der Waals surface area contributed by atoms with Gasteiger partial charge >= 0.3 is 5.97 Å². The van der Waals surface area contributed by atoms with Crippen molar-refractivity contribution in [1.82, 2.24) is 5.32 Å². The largest absolute Gasteiger partial charge is 0.482 e. The van der Waals surface area contributed by atoms with Gasteiger partial charge in [-0.25, -0.2) is 4.79 Å². The Bertz CT molecular complexity index is 618. The van der Waals surface area contributed by atoms with E-state index in [1.807, 2.05) is 0 Å². The van der Waals surface area contributed by atoms with Crippen LogP contribution in [-0.4, -0.2) is 30.0 Å². The fraction of sp³-hybridized carbons (Fsp3) is 0.471. The van der Waals surface area contributed by atoms with Gasteiger partial charge in [0.1, 0.15) is 11.4 Å². The maximum absolute atomic E-state index is 11.9. The summed E-state index contributed by atoms with van der Waals surface area (Å²) < 4.78 is 10.6. The van der Waals surface area contributed by atoms with E-state index in [1.54, 1.807) is 45.0 Å². The molecule has 1 aliphatic rings. The molecular weight excluding hydrogens is 298 g/mol. The van der Waals surface area contributed by atoms with Gasteiger partial charge in [0, 0.05) is 6.42 Å². The number of ether oxygens (including phenoxy) is 2. The molecule has 0 aliphatic carbocycles. The average molecular weight is 319 g/mol. The van der Waals surface area contributed by atoms with E-state index in [1.165, 1.54) is 0 Å². The maximum Gasteiger partial charge on any atom is 0.344 e. The highest BCUT2D eigenvalue weighted by molar-refractivity contribution is 6.00. The van der Waals surface area contributed by atoms with Gasteiger partial charge in [-0.1, -0.05) is 12.1 Å². The van der Waals surface area contributed by atoms with Gasteiger partial charge in [-0.05, 0) is 44.9 Å². The molecule has 0 spiro atoms. The quantitative estimate of drug-likeness (QED) is 0.677. The van der Waals surface area contributed by atoms with Crippen LogP contribution < -0.4 is 10.1 Å². The van der Waals surface area contributed by atoms with Gasteiger partial charge in [0.05, 0.1) is 5.92 Å². The molecule has 1 N–H and O–H groups in total. The van der Waals surface area contributed by atoms with Gasteiger partial charge < -0.3 is 9.47 Å². The second-order valence-corrected chi connectivity index (χ2v) is 6.45. The van der Waals surface area contributed by atoms with Crippen LogP contribution in [-0.2, 0) is 19.1 Å². The van der Waals surface area contributed by atoms with Gasteiger partial charge in [-0.3, -0.25) is 14.9 Å². The molecule has 1 aliphatic heterocycles. The summed E-state index contributed by atoms with van der Waals surface area (Å²) in [6.45, 7) is 5.16. The summed E-state index contributed by atoms with van der Waals surface area (Å²) in [5, 5.41) is 2.33. The highest BCUT2D eigenvalue weighted by atomic mass is 16.6. The molecule has 1 heterocycles. The van der Waals surface area contributed by atoms with Crippen LogP contribution in [0.5, 0.6) is 5.75 Å². The number of hydrogen-bond donors (Lipinski definition) is 1. The van der Waals surface area contributed by atoms with Crippen molar-refractivity contribution in [2.75, 3.05) is 6.61 Å². The third-order valence-electron chi connectivity index (χ3n) is 3.28. The van der Waals surface area contributed by atoms with E-state index in [0.717, 1.165) is 5.56 Å². The zero-order chi connectivity index (χ0) is 17.0. The zero-order valence-corrected chi connectivity index (χ0v) is 13.5. The summed E-state index contributed by atoms with van der Waals surface area (Å²) in [7, 11) is 0. The van der Waals surface area contributed by atoms with Crippen molar-refractivity contribution < 1.29 is 23.9 Å². The van der Waals surface area contributed by atoms with E-state index in [4.69, 9.17) is 9.47 Å². The van der Waals surface area contributed by atoms with Crippen LogP contribution in [0.4, 0.5) is 0 Å². The fourth-order valence-electron chi connectivity index (χ4n) is 2.35. The molecule has 1 unspecified atom stereocenters. The van der Waals surface area contributed by atoms with Gasteiger partial charge in [0.25, 0.3) is 0 Å². The van der Waals surface area contributed by atoms with Crippen LogP contribution >= 0.6 is 0 Å². The van der Waals surface area contributed by atoms with Crippen molar-refractivity contribution in [2.24, 2.45) is 0 Å². The average Bonchev–Trinajstić information content (AvgIpc) is 2.43. The van der Waals surface area contributed by atoms with Crippen LogP contribution in [0.2, 0.25) is 0 Å². The molecule has 1 aromatic carbocycles. The molecular formula is C17H21NO5. The molecule has 1 fully saturated rings. The van der Waals surface area contributed by atoms with Crippen LogP contribution in [0.3, 0.4) is 0 Å². The lowest BCUT2D eigenvalue weighted by molar-refractivity contribution is -0.157. The number of piperidine rings is 1. The minimum atomic E-state index is -0.561. The summed E-state index contributed by atoms with van der Waals surface area (Å²) in [5.74, 6) is -0.895. The second kappa shape index (κ2) is 6.81. The van der Waals surface area contributed by atoms with Crippen molar-refractivity contribution in [3.63, 3.8) is 0 Å². The molecule has 1 aromatic rings. The van der Waals surface area contributed by atoms with Crippen molar-refractivity contribution in [3.05, 3.63) is 29.8 Å². The summed E-state index contributed by atoms with van der Waals surface area (Å²) in [4.78, 5) is 34.8. The molecule has 0 radical (unpaired) electrons. The number of carbonyl (C=O) groups excluding carboxylic acids is 3. The molecule has 0 saturated carbocycles. The number of amides is 2. The summed E-state index contributed by atoms with van der Waals surface area (Å²) in [6, 6.07) is 6.98. The first-order chi connectivity index (χ1) is 10.7. The Morgan fingerprint density at radius 3 is 2.70 bits per heavy atom. The maximum atomic E-state index is 11.9. The third kappa shape index (κ3) is 5.09. The number of rotatable bonds is 4. The number of hydrogen-bond acceptors (Lipinski definition) is 5. The van der Waals surface area contributed by atoms with Crippen LogP contribution in [0.25, 0.3) is 0 Å². The Kier molecular flexibility index (Phi) is 5.03. The fourth-order valence-corrected chi connectivity index (χ4v) is 2.35. The first-order valence-electron chi connectivity index (χ1n) is 7.53. The summed E-state index contributed by atoms with van der Waals surface area (Å²) >= 11 is 0. The number of carbonyl (C=O) groups is 3. The first-order valence-corrected chi connectivity index (χ1v) is 7.53. The van der Waals surface area contributed by atoms with Crippen molar-refractivity contribution in [1.29, 1.82) is 0 Å². The van der Waals surface area contributed by atoms with E-state index >= 15 is 0 Å². The predicted octanol–water partition coefficient (Wildman–Crippen LogP) is 1.93. The number of benzene rings is 1. The Morgan fingerprint density at radius 1 is 1.30 bits per heavy atom.